The molecule has 0 amide bonds. The second kappa shape index (κ2) is 5.28. The molecule has 0 aliphatic carbocycles. The van der Waals surface area contributed by atoms with E-state index in [1.807, 2.05) is 20.8 Å². The molecule has 4 nitrogen and oxygen atoms in total. The van der Waals surface area contributed by atoms with E-state index in [-0.39, 0.29) is 0 Å². The van der Waals surface area contributed by atoms with Crippen molar-refractivity contribution in [3.63, 3.8) is 0 Å². The fourth-order valence-corrected chi connectivity index (χ4v) is 1.39. The molecular weight excluding hydrogens is 192 g/mol. The molecule has 0 aliphatic rings. The molecular formula is C11H20N2O2. The van der Waals surface area contributed by atoms with Gasteiger partial charge in [-0.05, 0) is 19.8 Å². The highest BCUT2D eigenvalue weighted by Gasteiger charge is 2.21. The van der Waals surface area contributed by atoms with Gasteiger partial charge in [0, 0.05) is 6.54 Å². The highest BCUT2D eigenvalue weighted by molar-refractivity contribution is 4.90. The van der Waals surface area contributed by atoms with Gasteiger partial charge in [-0.1, -0.05) is 13.8 Å². The van der Waals surface area contributed by atoms with Crippen LogP contribution in [-0.4, -0.2) is 22.2 Å². The maximum absolute atomic E-state index is 10.00. The molecule has 86 valence electrons. The number of aromatic nitrogens is 1. The van der Waals surface area contributed by atoms with Crippen LogP contribution in [-0.2, 0) is 6.54 Å². The number of hydrogen-bond donors (Lipinski definition) is 2. The standard InChI is InChI=1S/C11H20N2O2/c1-4-11(14,5-2)8-12-7-10-13-6-9(3)15-10/h6,12,14H,4-5,7-8H2,1-3H3. The first kappa shape index (κ1) is 12.2. The Morgan fingerprint density at radius 1 is 1.47 bits per heavy atom. The third kappa shape index (κ3) is 3.64. The number of aliphatic hydroxyl groups is 1. The molecule has 2 N–H and O–H groups in total. The lowest BCUT2D eigenvalue weighted by molar-refractivity contribution is 0.0318. The van der Waals surface area contributed by atoms with E-state index < -0.39 is 5.60 Å². The van der Waals surface area contributed by atoms with E-state index in [0.29, 0.717) is 19.0 Å². The molecule has 1 aromatic rings. The average Bonchev–Trinajstić information content (AvgIpc) is 2.64. The first-order valence-corrected chi connectivity index (χ1v) is 5.44. The van der Waals surface area contributed by atoms with Gasteiger partial charge in [-0.15, -0.1) is 0 Å². The predicted octanol–water partition coefficient (Wildman–Crippen LogP) is 1.62. The van der Waals surface area contributed by atoms with E-state index in [9.17, 15) is 5.11 Å². The fraction of sp³-hybridized carbons (Fsp3) is 0.727. The topological polar surface area (TPSA) is 58.3 Å². The summed E-state index contributed by atoms with van der Waals surface area (Å²) in [5.74, 6) is 1.48. The van der Waals surface area contributed by atoms with Crippen molar-refractivity contribution in [3.8, 4) is 0 Å². The van der Waals surface area contributed by atoms with Gasteiger partial charge in [0.1, 0.15) is 5.76 Å². The number of rotatable bonds is 6. The zero-order chi connectivity index (χ0) is 11.3. The van der Waals surface area contributed by atoms with Gasteiger partial charge < -0.3 is 14.8 Å². The van der Waals surface area contributed by atoms with Crippen LogP contribution >= 0.6 is 0 Å². The molecule has 0 spiro atoms. The third-order valence-electron chi connectivity index (χ3n) is 2.72. The van der Waals surface area contributed by atoms with Gasteiger partial charge in [-0.2, -0.15) is 0 Å². The Kier molecular flexibility index (Phi) is 4.29. The van der Waals surface area contributed by atoms with Crippen LogP contribution in [0.3, 0.4) is 0 Å². The Balaban J connectivity index is 2.32. The monoisotopic (exact) mass is 212 g/mol. The summed E-state index contributed by atoms with van der Waals surface area (Å²) in [5, 5.41) is 13.1. The molecule has 0 unspecified atom stereocenters. The van der Waals surface area contributed by atoms with Crippen LogP contribution < -0.4 is 5.32 Å². The van der Waals surface area contributed by atoms with Crippen LogP contribution in [0.1, 0.15) is 38.3 Å². The fourth-order valence-electron chi connectivity index (χ4n) is 1.39. The number of nitrogens with zero attached hydrogens (tertiary/aromatic N) is 1. The maximum Gasteiger partial charge on any atom is 0.208 e. The summed E-state index contributed by atoms with van der Waals surface area (Å²) in [6.07, 6.45) is 3.20. The summed E-state index contributed by atoms with van der Waals surface area (Å²) in [6, 6.07) is 0. The van der Waals surface area contributed by atoms with Gasteiger partial charge in [0.05, 0.1) is 18.3 Å². The Labute approximate surface area is 90.7 Å². The molecule has 0 saturated heterocycles. The lowest BCUT2D eigenvalue weighted by atomic mass is 9.98. The van der Waals surface area contributed by atoms with Gasteiger partial charge in [-0.3, -0.25) is 0 Å². The van der Waals surface area contributed by atoms with Crippen molar-refractivity contribution in [3.05, 3.63) is 17.8 Å². The molecule has 4 heteroatoms. The van der Waals surface area contributed by atoms with Gasteiger partial charge in [0.15, 0.2) is 0 Å². The minimum absolute atomic E-state index is 0.566. The second-order valence-electron chi connectivity index (χ2n) is 3.90. The van der Waals surface area contributed by atoms with Crippen molar-refractivity contribution in [1.82, 2.24) is 10.3 Å². The van der Waals surface area contributed by atoms with Crippen LogP contribution in [0.5, 0.6) is 0 Å². The minimum atomic E-state index is -0.609. The highest BCUT2D eigenvalue weighted by atomic mass is 16.4. The van der Waals surface area contributed by atoms with Gasteiger partial charge >= 0.3 is 0 Å². The van der Waals surface area contributed by atoms with Gasteiger partial charge in [-0.25, -0.2) is 4.98 Å². The smallest absolute Gasteiger partial charge is 0.208 e. The molecule has 0 aliphatic heterocycles. The Morgan fingerprint density at radius 3 is 2.60 bits per heavy atom. The highest BCUT2D eigenvalue weighted by Crippen LogP contribution is 2.13. The minimum Gasteiger partial charge on any atom is -0.445 e. The van der Waals surface area contributed by atoms with E-state index in [0.717, 1.165) is 18.6 Å². The van der Waals surface area contributed by atoms with Crippen molar-refractivity contribution < 1.29 is 9.52 Å². The number of hydrogen-bond acceptors (Lipinski definition) is 4. The van der Waals surface area contributed by atoms with Crippen LogP contribution in [0.25, 0.3) is 0 Å². The van der Waals surface area contributed by atoms with E-state index in [1.54, 1.807) is 6.20 Å². The average molecular weight is 212 g/mol. The zero-order valence-corrected chi connectivity index (χ0v) is 9.71. The second-order valence-corrected chi connectivity index (χ2v) is 3.90. The van der Waals surface area contributed by atoms with Crippen LogP contribution in [0, 0.1) is 6.92 Å². The molecule has 1 aromatic heterocycles. The molecule has 0 atom stereocenters. The molecule has 1 rings (SSSR count). The molecule has 0 aromatic carbocycles. The molecule has 1 heterocycles. The summed E-state index contributed by atoms with van der Waals surface area (Å²) in [5.41, 5.74) is -0.609. The summed E-state index contributed by atoms with van der Waals surface area (Å²) in [6.45, 7) is 6.98. The first-order valence-electron chi connectivity index (χ1n) is 5.44. The summed E-state index contributed by atoms with van der Waals surface area (Å²) in [4.78, 5) is 4.08. The van der Waals surface area contributed by atoms with Crippen molar-refractivity contribution in [1.29, 1.82) is 0 Å². The molecule has 0 fully saturated rings. The maximum atomic E-state index is 10.00. The molecule has 0 bridgehead atoms. The SMILES string of the molecule is CCC(O)(CC)CNCc1ncc(C)o1. The summed E-state index contributed by atoms with van der Waals surface area (Å²) < 4.78 is 5.31. The molecule has 0 radical (unpaired) electrons. The lowest BCUT2D eigenvalue weighted by Crippen LogP contribution is -2.39. The van der Waals surface area contributed by atoms with E-state index in [4.69, 9.17) is 4.42 Å². The number of nitrogens with one attached hydrogen (secondary N) is 1. The predicted molar refractivity (Wildman–Crippen MR) is 58.5 cm³/mol. The normalized spacial score (nSPS) is 12.0. The zero-order valence-electron chi connectivity index (χ0n) is 9.71. The van der Waals surface area contributed by atoms with Crippen LogP contribution in [0.15, 0.2) is 10.6 Å². The summed E-state index contributed by atoms with van der Waals surface area (Å²) in [7, 11) is 0. The van der Waals surface area contributed by atoms with E-state index >= 15 is 0 Å². The number of aryl methyl sites for hydroxylation is 1. The quantitative estimate of drug-likeness (QED) is 0.752. The van der Waals surface area contributed by atoms with Crippen molar-refractivity contribution >= 4 is 0 Å². The van der Waals surface area contributed by atoms with Gasteiger partial charge in [0.25, 0.3) is 0 Å². The number of oxazole rings is 1. The van der Waals surface area contributed by atoms with Crippen LogP contribution in [0.2, 0.25) is 0 Å². The Morgan fingerprint density at radius 2 is 2.13 bits per heavy atom. The van der Waals surface area contributed by atoms with Crippen molar-refractivity contribution in [2.75, 3.05) is 6.54 Å². The Bertz CT molecular complexity index is 293. The lowest BCUT2D eigenvalue weighted by Gasteiger charge is -2.25. The molecule has 15 heavy (non-hydrogen) atoms. The van der Waals surface area contributed by atoms with E-state index in [1.165, 1.54) is 0 Å². The van der Waals surface area contributed by atoms with Crippen molar-refractivity contribution in [2.45, 2.75) is 45.8 Å². The largest absolute Gasteiger partial charge is 0.445 e. The van der Waals surface area contributed by atoms with E-state index in [2.05, 4.69) is 10.3 Å². The van der Waals surface area contributed by atoms with Crippen LogP contribution in [0.4, 0.5) is 0 Å². The summed E-state index contributed by atoms with van der Waals surface area (Å²) >= 11 is 0. The third-order valence-corrected chi connectivity index (χ3v) is 2.72. The van der Waals surface area contributed by atoms with Gasteiger partial charge in [0.2, 0.25) is 5.89 Å². The van der Waals surface area contributed by atoms with Crippen molar-refractivity contribution in [2.24, 2.45) is 0 Å². The Hall–Kier alpha value is -0.870. The molecule has 0 saturated carbocycles. The first-order chi connectivity index (χ1) is 7.09.